The molecule has 0 aromatic heterocycles. The van der Waals surface area contributed by atoms with Crippen LogP contribution in [0.5, 0.6) is 0 Å². The summed E-state index contributed by atoms with van der Waals surface area (Å²) >= 11 is 0. The minimum absolute atomic E-state index is 0.176. The average molecular weight is 205 g/mol. The molecule has 0 spiro atoms. The summed E-state index contributed by atoms with van der Waals surface area (Å²) in [7, 11) is 0. The summed E-state index contributed by atoms with van der Waals surface area (Å²) in [6.45, 7) is 2.98. The quantitative estimate of drug-likeness (QED) is 0.438. The smallest absolute Gasteiger partial charge is 0.101 e. The van der Waals surface area contributed by atoms with E-state index in [4.69, 9.17) is 20.7 Å². The minimum atomic E-state index is -0.972. The van der Waals surface area contributed by atoms with E-state index in [1.54, 1.807) is 13.8 Å². The number of hydrogen-bond donors (Lipinski definition) is 4. The SMILES string of the molecule is CC1C(CO)OC(CO)C(C)(N)C1O. The maximum atomic E-state index is 9.88. The highest BCUT2D eigenvalue weighted by Crippen LogP contribution is 2.31. The van der Waals surface area contributed by atoms with Gasteiger partial charge in [-0.3, -0.25) is 0 Å². The van der Waals surface area contributed by atoms with Crippen molar-refractivity contribution in [2.24, 2.45) is 11.7 Å². The summed E-state index contributed by atoms with van der Waals surface area (Å²) < 4.78 is 5.40. The number of rotatable bonds is 2. The third-order valence-electron chi connectivity index (χ3n) is 3.10. The molecule has 1 aliphatic heterocycles. The molecule has 0 aliphatic carbocycles. The maximum absolute atomic E-state index is 9.88. The summed E-state index contributed by atoms with van der Waals surface area (Å²) in [5.74, 6) is -0.238. The Morgan fingerprint density at radius 2 is 1.93 bits per heavy atom. The van der Waals surface area contributed by atoms with Crippen LogP contribution in [0.1, 0.15) is 13.8 Å². The van der Waals surface area contributed by atoms with E-state index in [0.717, 1.165) is 0 Å². The first-order valence-corrected chi connectivity index (χ1v) is 4.79. The van der Waals surface area contributed by atoms with Crippen LogP contribution in [0.3, 0.4) is 0 Å². The average Bonchev–Trinajstić information content (AvgIpc) is 2.15. The van der Waals surface area contributed by atoms with Crippen molar-refractivity contribution < 1.29 is 20.1 Å². The molecule has 0 bridgehead atoms. The lowest BCUT2D eigenvalue weighted by molar-refractivity contribution is -0.193. The molecule has 5 atom stereocenters. The van der Waals surface area contributed by atoms with Crippen LogP contribution in [-0.2, 0) is 4.74 Å². The van der Waals surface area contributed by atoms with Gasteiger partial charge in [-0.25, -0.2) is 0 Å². The molecule has 5 N–H and O–H groups in total. The molecule has 0 amide bonds. The van der Waals surface area contributed by atoms with Gasteiger partial charge in [0.05, 0.1) is 31.0 Å². The molecular weight excluding hydrogens is 186 g/mol. The second-order valence-electron chi connectivity index (χ2n) is 4.20. The van der Waals surface area contributed by atoms with E-state index in [9.17, 15) is 5.11 Å². The zero-order valence-corrected chi connectivity index (χ0v) is 8.55. The first-order valence-electron chi connectivity index (χ1n) is 4.79. The van der Waals surface area contributed by atoms with Crippen molar-refractivity contribution in [3.63, 3.8) is 0 Å². The second kappa shape index (κ2) is 4.12. The first kappa shape index (κ1) is 11.9. The van der Waals surface area contributed by atoms with Crippen molar-refractivity contribution in [3.05, 3.63) is 0 Å². The number of aliphatic hydroxyl groups excluding tert-OH is 3. The third kappa shape index (κ3) is 1.78. The molecule has 0 aromatic rings. The van der Waals surface area contributed by atoms with E-state index >= 15 is 0 Å². The largest absolute Gasteiger partial charge is 0.394 e. The predicted molar refractivity (Wildman–Crippen MR) is 50.6 cm³/mol. The van der Waals surface area contributed by atoms with Crippen molar-refractivity contribution >= 4 is 0 Å². The fourth-order valence-electron chi connectivity index (χ4n) is 1.89. The van der Waals surface area contributed by atoms with Crippen molar-refractivity contribution in [3.8, 4) is 0 Å². The standard InChI is InChI=1S/C9H19NO4/c1-5-6(3-11)14-7(4-12)9(2,10)8(5)13/h5-8,11-13H,3-4,10H2,1-2H3. The molecule has 84 valence electrons. The topological polar surface area (TPSA) is 95.9 Å². The lowest BCUT2D eigenvalue weighted by Crippen LogP contribution is -2.67. The highest BCUT2D eigenvalue weighted by Gasteiger charge is 2.48. The molecule has 1 rings (SSSR count). The number of nitrogens with two attached hydrogens (primary N) is 1. The van der Waals surface area contributed by atoms with Crippen LogP contribution in [-0.4, -0.2) is 52.4 Å². The molecule has 0 saturated carbocycles. The number of ether oxygens (including phenoxy) is 1. The number of aliphatic hydroxyl groups is 3. The maximum Gasteiger partial charge on any atom is 0.101 e. The lowest BCUT2D eigenvalue weighted by Gasteiger charge is -2.47. The van der Waals surface area contributed by atoms with Crippen molar-refractivity contribution in [2.75, 3.05) is 13.2 Å². The van der Waals surface area contributed by atoms with Gasteiger partial charge in [0.25, 0.3) is 0 Å². The van der Waals surface area contributed by atoms with Crippen LogP contribution in [0.2, 0.25) is 0 Å². The predicted octanol–water partition coefficient (Wildman–Crippen LogP) is -1.55. The van der Waals surface area contributed by atoms with Gasteiger partial charge in [-0.1, -0.05) is 6.92 Å². The van der Waals surface area contributed by atoms with Crippen molar-refractivity contribution in [2.45, 2.75) is 37.7 Å². The lowest BCUT2D eigenvalue weighted by atomic mass is 9.77. The Bertz CT molecular complexity index is 193. The number of hydrogen-bond acceptors (Lipinski definition) is 5. The van der Waals surface area contributed by atoms with Gasteiger partial charge in [0.1, 0.15) is 6.10 Å². The van der Waals surface area contributed by atoms with Gasteiger partial charge >= 0.3 is 0 Å². The molecule has 5 nitrogen and oxygen atoms in total. The molecule has 1 fully saturated rings. The fraction of sp³-hybridized carbons (Fsp3) is 1.00. The monoisotopic (exact) mass is 205 g/mol. The zero-order valence-electron chi connectivity index (χ0n) is 8.55. The van der Waals surface area contributed by atoms with Gasteiger partial charge in [-0.15, -0.1) is 0 Å². The summed E-state index contributed by atoms with van der Waals surface area (Å²) in [4.78, 5) is 0. The van der Waals surface area contributed by atoms with Crippen LogP contribution < -0.4 is 5.73 Å². The van der Waals surface area contributed by atoms with E-state index in [1.165, 1.54) is 0 Å². The fourth-order valence-corrected chi connectivity index (χ4v) is 1.89. The molecule has 14 heavy (non-hydrogen) atoms. The van der Waals surface area contributed by atoms with Gasteiger partial charge in [-0.05, 0) is 6.92 Å². The highest BCUT2D eigenvalue weighted by molar-refractivity contribution is 5.02. The molecule has 0 radical (unpaired) electrons. The van der Waals surface area contributed by atoms with Crippen LogP contribution in [0, 0.1) is 5.92 Å². The van der Waals surface area contributed by atoms with Crippen LogP contribution in [0.25, 0.3) is 0 Å². The Kier molecular flexibility index (Phi) is 3.49. The minimum Gasteiger partial charge on any atom is -0.394 e. The van der Waals surface area contributed by atoms with Gasteiger partial charge in [-0.2, -0.15) is 0 Å². The third-order valence-corrected chi connectivity index (χ3v) is 3.10. The molecule has 1 aliphatic rings. The molecule has 1 saturated heterocycles. The first-order chi connectivity index (χ1) is 6.45. The van der Waals surface area contributed by atoms with Crippen molar-refractivity contribution in [1.82, 2.24) is 0 Å². The van der Waals surface area contributed by atoms with Gasteiger partial charge in [0, 0.05) is 5.92 Å². The summed E-state index contributed by atoms with van der Waals surface area (Å²) in [6.07, 6.45) is -1.88. The molecule has 5 unspecified atom stereocenters. The van der Waals surface area contributed by atoms with E-state index < -0.39 is 23.9 Å². The normalized spacial score (nSPS) is 49.3. The van der Waals surface area contributed by atoms with Crippen molar-refractivity contribution in [1.29, 1.82) is 0 Å². The van der Waals surface area contributed by atoms with Crippen LogP contribution in [0.15, 0.2) is 0 Å². The van der Waals surface area contributed by atoms with Gasteiger partial charge in [0.2, 0.25) is 0 Å². The Morgan fingerprint density at radius 3 is 2.36 bits per heavy atom. The van der Waals surface area contributed by atoms with E-state index in [0.29, 0.717) is 0 Å². The van der Waals surface area contributed by atoms with E-state index in [1.807, 2.05) is 0 Å². The Morgan fingerprint density at radius 1 is 1.36 bits per heavy atom. The summed E-state index contributed by atoms with van der Waals surface area (Å²) in [5, 5.41) is 27.9. The summed E-state index contributed by atoms with van der Waals surface area (Å²) in [5.41, 5.74) is 4.89. The molecule has 5 heteroatoms. The van der Waals surface area contributed by atoms with Crippen LogP contribution in [0.4, 0.5) is 0 Å². The second-order valence-corrected chi connectivity index (χ2v) is 4.20. The van der Waals surface area contributed by atoms with Gasteiger partial charge in [0.15, 0.2) is 0 Å². The van der Waals surface area contributed by atoms with Gasteiger partial charge < -0.3 is 25.8 Å². The van der Waals surface area contributed by atoms with Crippen LogP contribution >= 0.6 is 0 Å². The molecule has 1 heterocycles. The highest BCUT2D eigenvalue weighted by atomic mass is 16.5. The molecular formula is C9H19NO4. The molecule has 0 aromatic carbocycles. The zero-order chi connectivity index (χ0) is 10.9. The summed E-state index contributed by atoms with van der Waals surface area (Å²) in [6, 6.07) is 0. The van der Waals surface area contributed by atoms with E-state index in [-0.39, 0.29) is 19.1 Å². The Hall–Kier alpha value is -0.200. The Labute approximate surface area is 83.5 Å². The Balaban J connectivity index is 2.83. The van der Waals surface area contributed by atoms with E-state index in [2.05, 4.69) is 0 Å².